The van der Waals surface area contributed by atoms with Crippen molar-refractivity contribution < 1.29 is 14.4 Å². The van der Waals surface area contributed by atoms with Gasteiger partial charge in [-0.25, -0.2) is 0 Å². The largest absolute Gasteiger partial charge is 0.352 e. The van der Waals surface area contributed by atoms with Crippen molar-refractivity contribution in [2.45, 2.75) is 52.0 Å². The van der Waals surface area contributed by atoms with E-state index in [1.165, 1.54) is 4.90 Å². The zero-order valence-electron chi connectivity index (χ0n) is 13.0. The molecule has 0 aromatic carbocycles. The molecular formula is C16H24N2O3. The summed E-state index contributed by atoms with van der Waals surface area (Å²) in [7, 11) is 0. The number of likely N-dealkylation sites (tertiary alicyclic amines) is 1. The normalized spacial score (nSPS) is 25.2. The van der Waals surface area contributed by atoms with Crippen molar-refractivity contribution in [3.8, 4) is 0 Å². The van der Waals surface area contributed by atoms with E-state index >= 15 is 0 Å². The van der Waals surface area contributed by atoms with Gasteiger partial charge in [0, 0.05) is 18.5 Å². The third-order valence-corrected chi connectivity index (χ3v) is 3.90. The first kappa shape index (κ1) is 15.7. The molecule has 2 atom stereocenters. The molecule has 5 nitrogen and oxygen atoms in total. The van der Waals surface area contributed by atoms with Crippen LogP contribution in [0.4, 0.5) is 0 Å². The fourth-order valence-electron chi connectivity index (χ4n) is 2.97. The molecule has 0 bridgehead atoms. The predicted octanol–water partition coefficient (Wildman–Crippen LogP) is 1.63. The molecule has 1 aliphatic carbocycles. The summed E-state index contributed by atoms with van der Waals surface area (Å²) in [4.78, 5) is 37.5. The van der Waals surface area contributed by atoms with Crippen LogP contribution in [-0.4, -0.2) is 34.7 Å². The average molecular weight is 292 g/mol. The lowest BCUT2D eigenvalue weighted by molar-refractivity contribution is -0.140. The van der Waals surface area contributed by atoms with E-state index in [9.17, 15) is 14.4 Å². The smallest absolute Gasteiger partial charge is 0.233 e. The Hall–Kier alpha value is -1.65. The van der Waals surface area contributed by atoms with Gasteiger partial charge in [-0.3, -0.25) is 19.3 Å². The van der Waals surface area contributed by atoms with E-state index in [-0.39, 0.29) is 35.1 Å². The predicted molar refractivity (Wildman–Crippen MR) is 79.2 cm³/mol. The number of hydrogen-bond donors (Lipinski definition) is 1. The third kappa shape index (κ3) is 3.71. The van der Waals surface area contributed by atoms with Gasteiger partial charge in [-0.1, -0.05) is 12.2 Å². The summed E-state index contributed by atoms with van der Waals surface area (Å²) in [5.41, 5.74) is -0.253. The van der Waals surface area contributed by atoms with Crippen molar-refractivity contribution in [1.82, 2.24) is 10.2 Å². The fraction of sp³-hybridized carbons (Fsp3) is 0.688. The Bertz CT molecular complexity index is 450. The molecule has 0 saturated carbocycles. The Labute approximate surface area is 125 Å². The van der Waals surface area contributed by atoms with E-state index in [2.05, 4.69) is 5.32 Å². The van der Waals surface area contributed by atoms with Crippen molar-refractivity contribution in [3.63, 3.8) is 0 Å². The number of amides is 3. The molecule has 0 unspecified atom stereocenters. The molecule has 116 valence electrons. The minimum absolute atomic E-state index is 0.0410. The lowest BCUT2D eigenvalue weighted by Crippen LogP contribution is -2.41. The maximum Gasteiger partial charge on any atom is 0.233 e. The van der Waals surface area contributed by atoms with Gasteiger partial charge >= 0.3 is 0 Å². The van der Waals surface area contributed by atoms with E-state index in [1.54, 1.807) is 0 Å². The van der Waals surface area contributed by atoms with Crippen LogP contribution in [0.15, 0.2) is 12.2 Å². The summed E-state index contributed by atoms with van der Waals surface area (Å²) in [6.45, 7) is 6.13. The van der Waals surface area contributed by atoms with E-state index in [0.717, 1.165) is 0 Å². The highest BCUT2D eigenvalue weighted by molar-refractivity contribution is 6.05. The number of fused-ring (bicyclic) bond motifs is 1. The van der Waals surface area contributed by atoms with Gasteiger partial charge in [0.05, 0.1) is 11.8 Å². The van der Waals surface area contributed by atoms with Crippen molar-refractivity contribution in [3.05, 3.63) is 12.2 Å². The molecule has 1 fully saturated rings. The Balaban J connectivity index is 1.83. The first-order valence-electron chi connectivity index (χ1n) is 7.61. The van der Waals surface area contributed by atoms with Gasteiger partial charge in [-0.15, -0.1) is 0 Å². The van der Waals surface area contributed by atoms with Crippen LogP contribution in [0.5, 0.6) is 0 Å². The van der Waals surface area contributed by atoms with E-state index in [4.69, 9.17) is 0 Å². The quantitative estimate of drug-likeness (QED) is 0.632. The lowest BCUT2D eigenvalue weighted by Gasteiger charge is -2.21. The van der Waals surface area contributed by atoms with Gasteiger partial charge in [0.1, 0.15) is 0 Å². The summed E-state index contributed by atoms with van der Waals surface area (Å²) < 4.78 is 0. The molecule has 1 aliphatic heterocycles. The lowest BCUT2D eigenvalue weighted by atomic mass is 9.85. The molecule has 1 saturated heterocycles. The highest BCUT2D eigenvalue weighted by atomic mass is 16.2. The van der Waals surface area contributed by atoms with Crippen molar-refractivity contribution in [2.75, 3.05) is 6.54 Å². The molecule has 1 heterocycles. The summed E-state index contributed by atoms with van der Waals surface area (Å²) in [5, 5.41) is 2.88. The molecule has 5 heteroatoms. The minimum atomic E-state index is -0.253. The SMILES string of the molecule is CC(C)(C)NC(=O)CCCN1C(=O)[C@H]2CC=CC[C@H]2C1=O. The molecule has 21 heavy (non-hydrogen) atoms. The summed E-state index contributed by atoms with van der Waals surface area (Å²) in [6, 6.07) is 0. The molecule has 0 aromatic rings. The average Bonchev–Trinajstić information content (AvgIpc) is 2.62. The van der Waals surface area contributed by atoms with E-state index in [0.29, 0.717) is 32.2 Å². The van der Waals surface area contributed by atoms with E-state index in [1.807, 2.05) is 32.9 Å². The number of rotatable bonds is 4. The Morgan fingerprint density at radius 1 is 1.19 bits per heavy atom. The van der Waals surface area contributed by atoms with Crippen molar-refractivity contribution in [2.24, 2.45) is 11.8 Å². The molecule has 1 N–H and O–H groups in total. The Kier molecular flexibility index (Phi) is 4.49. The molecular weight excluding hydrogens is 268 g/mol. The topological polar surface area (TPSA) is 66.5 Å². The number of hydrogen-bond acceptors (Lipinski definition) is 3. The Morgan fingerprint density at radius 2 is 1.71 bits per heavy atom. The standard InChI is InChI=1S/C16H24N2O3/c1-16(2,3)17-13(19)9-6-10-18-14(20)11-7-4-5-8-12(11)15(18)21/h4-5,11-12H,6-10H2,1-3H3,(H,17,19)/t11-,12+. The molecule has 2 rings (SSSR count). The van der Waals surface area contributed by atoms with Crippen LogP contribution in [0.3, 0.4) is 0 Å². The Morgan fingerprint density at radius 3 is 2.19 bits per heavy atom. The second kappa shape index (κ2) is 6.00. The maximum absolute atomic E-state index is 12.2. The summed E-state index contributed by atoms with van der Waals surface area (Å²) >= 11 is 0. The monoisotopic (exact) mass is 292 g/mol. The molecule has 0 aromatic heterocycles. The number of imide groups is 1. The zero-order chi connectivity index (χ0) is 15.6. The zero-order valence-corrected chi connectivity index (χ0v) is 13.0. The maximum atomic E-state index is 12.2. The number of nitrogens with zero attached hydrogens (tertiary/aromatic N) is 1. The van der Waals surface area contributed by atoms with Gasteiger partial charge in [-0.2, -0.15) is 0 Å². The number of carbonyl (C=O) groups is 3. The van der Waals surface area contributed by atoms with E-state index < -0.39 is 0 Å². The first-order chi connectivity index (χ1) is 9.79. The van der Waals surface area contributed by atoms with Gasteiger partial charge in [0.2, 0.25) is 17.7 Å². The van der Waals surface area contributed by atoms with Crippen LogP contribution in [0.2, 0.25) is 0 Å². The second-order valence-electron chi connectivity index (χ2n) is 6.89. The van der Waals surface area contributed by atoms with Gasteiger partial charge in [-0.05, 0) is 40.0 Å². The fourth-order valence-corrected chi connectivity index (χ4v) is 2.97. The first-order valence-corrected chi connectivity index (χ1v) is 7.61. The molecule has 3 amide bonds. The molecule has 0 spiro atoms. The van der Waals surface area contributed by atoms with Gasteiger partial charge < -0.3 is 5.32 Å². The number of allylic oxidation sites excluding steroid dienone is 2. The highest BCUT2D eigenvalue weighted by Crippen LogP contribution is 2.35. The summed E-state index contributed by atoms with van der Waals surface area (Å²) in [5.74, 6) is -0.520. The highest BCUT2D eigenvalue weighted by Gasteiger charge is 2.46. The van der Waals surface area contributed by atoms with Crippen molar-refractivity contribution >= 4 is 17.7 Å². The van der Waals surface area contributed by atoms with Crippen molar-refractivity contribution in [1.29, 1.82) is 0 Å². The van der Waals surface area contributed by atoms with Crippen LogP contribution in [0, 0.1) is 11.8 Å². The number of carbonyl (C=O) groups excluding carboxylic acids is 3. The molecule has 2 aliphatic rings. The van der Waals surface area contributed by atoms with Crippen LogP contribution in [0.25, 0.3) is 0 Å². The minimum Gasteiger partial charge on any atom is -0.352 e. The van der Waals surface area contributed by atoms with Crippen LogP contribution in [-0.2, 0) is 14.4 Å². The van der Waals surface area contributed by atoms with Crippen LogP contribution >= 0.6 is 0 Å². The third-order valence-electron chi connectivity index (χ3n) is 3.90. The van der Waals surface area contributed by atoms with Gasteiger partial charge in [0.25, 0.3) is 0 Å². The van der Waals surface area contributed by atoms with Gasteiger partial charge in [0.15, 0.2) is 0 Å². The number of nitrogens with one attached hydrogen (secondary N) is 1. The molecule has 0 radical (unpaired) electrons. The van der Waals surface area contributed by atoms with Crippen LogP contribution < -0.4 is 5.32 Å². The van der Waals surface area contributed by atoms with Crippen LogP contribution in [0.1, 0.15) is 46.5 Å². The summed E-state index contributed by atoms with van der Waals surface area (Å²) in [6.07, 6.45) is 6.14. The second-order valence-corrected chi connectivity index (χ2v) is 6.89.